The topological polar surface area (TPSA) is 83.6 Å². The predicted octanol–water partition coefficient (Wildman–Crippen LogP) is 4.21. The molecule has 3 N–H and O–H groups in total. The molecule has 4 rings (SSSR count). The lowest BCUT2D eigenvalue weighted by Crippen LogP contribution is -2.32. The van der Waals surface area contributed by atoms with Crippen LogP contribution in [0.2, 0.25) is 0 Å². The molecule has 1 amide bonds. The minimum Gasteiger partial charge on any atom is -0.504 e. The first-order chi connectivity index (χ1) is 15.2. The summed E-state index contributed by atoms with van der Waals surface area (Å²) in [4.78, 5) is 15.8. The van der Waals surface area contributed by atoms with Crippen molar-refractivity contribution in [1.29, 1.82) is 0 Å². The Kier molecular flexibility index (Phi) is 6.08. The number of hydrogen-bond acceptors (Lipinski definition) is 4. The Labute approximate surface area is 180 Å². The lowest BCUT2D eigenvalue weighted by atomic mass is 9.91. The summed E-state index contributed by atoms with van der Waals surface area (Å²) in [6, 6.07) is 22.5. The molecular weight excluding hydrogens is 392 g/mol. The van der Waals surface area contributed by atoms with E-state index in [4.69, 9.17) is 9.47 Å². The molecular formula is C25H24N2O4. The molecule has 0 spiro atoms. The van der Waals surface area contributed by atoms with E-state index in [0.29, 0.717) is 6.54 Å². The summed E-state index contributed by atoms with van der Waals surface area (Å²) < 4.78 is 10.7. The number of amides is 1. The second-order valence-corrected chi connectivity index (χ2v) is 7.18. The van der Waals surface area contributed by atoms with Crippen LogP contribution in [0.3, 0.4) is 0 Å². The summed E-state index contributed by atoms with van der Waals surface area (Å²) in [5.41, 5.74) is 3.21. The van der Waals surface area contributed by atoms with Crippen LogP contribution < -0.4 is 14.8 Å². The molecule has 0 aliphatic heterocycles. The average Bonchev–Trinajstić information content (AvgIpc) is 3.23. The quantitative estimate of drug-likeness (QED) is 0.402. The molecule has 3 aromatic carbocycles. The Morgan fingerprint density at radius 2 is 1.77 bits per heavy atom. The van der Waals surface area contributed by atoms with Gasteiger partial charge in [-0.3, -0.25) is 4.79 Å². The third kappa shape index (κ3) is 4.64. The molecule has 0 bridgehead atoms. The highest BCUT2D eigenvalue weighted by molar-refractivity contribution is 5.84. The maximum atomic E-state index is 12.5. The van der Waals surface area contributed by atoms with Gasteiger partial charge in [0.15, 0.2) is 18.1 Å². The van der Waals surface area contributed by atoms with Gasteiger partial charge in [-0.25, -0.2) is 0 Å². The normalized spacial score (nSPS) is 11.8. The van der Waals surface area contributed by atoms with Gasteiger partial charge in [-0.2, -0.15) is 0 Å². The van der Waals surface area contributed by atoms with Gasteiger partial charge in [0.25, 0.3) is 5.91 Å². The number of aromatic amines is 1. The molecule has 6 heteroatoms. The first kappa shape index (κ1) is 20.3. The highest BCUT2D eigenvalue weighted by Crippen LogP contribution is 2.31. The number of methoxy groups -OCH3 is 1. The number of aromatic hydroxyl groups is 1. The Balaban J connectivity index is 1.52. The van der Waals surface area contributed by atoms with Crippen LogP contribution in [0.5, 0.6) is 17.2 Å². The van der Waals surface area contributed by atoms with Crippen molar-refractivity contribution in [3.05, 3.63) is 90.1 Å². The fourth-order valence-corrected chi connectivity index (χ4v) is 3.62. The number of carbonyl (C=O) groups excluding carboxylic acids is 1. The number of phenols is 1. The molecule has 1 aromatic heterocycles. The third-order valence-corrected chi connectivity index (χ3v) is 5.24. The largest absolute Gasteiger partial charge is 0.504 e. The summed E-state index contributed by atoms with van der Waals surface area (Å²) in [7, 11) is 1.64. The number of rotatable bonds is 8. The van der Waals surface area contributed by atoms with Crippen molar-refractivity contribution in [1.82, 2.24) is 10.3 Å². The Morgan fingerprint density at radius 3 is 2.55 bits per heavy atom. The van der Waals surface area contributed by atoms with Crippen molar-refractivity contribution in [3.63, 3.8) is 0 Å². The SMILES string of the molecule is COc1ccc(C(CNC(=O)COc2ccccc2O)c2c[nH]c3ccccc23)cc1. The highest BCUT2D eigenvalue weighted by Gasteiger charge is 2.19. The number of phenolic OH excluding ortho intramolecular Hbond substituents is 1. The number of ether oxygens (including phenoxy) is 2. The smallest absolute Gasteiger partial charge is 0.257 e. The zero-order chi connectivity index (χ0) is 21.6. The average molecular weight is 416 g/mol. The lowest BCUT2D eigenvalue weighted by molar-refractivity contribution is -0.123. The van der Waals surface area contributed by atoms with E-state index < -0.39 is 0 Å². The van der Waals surface area contributed by atoms with E-state index in [-0.39, 0.29) is 29.9 Å². The van der Waals surface area contributed by atoms with Crippen molar-refractivity contribution in [2.75, 3.05) is 20.3 Å². The molecule has 1 atom stereocenters. The molecule has 158 valence electrons. The maximum absolute atomic E-state index is 12.5. The van der Waals surface area contributed by atoms with Gasteiger partial charge in [-0.15, -0.1) is 0 Å². The van der Waals surface area contributed by atoms with E-state index in [2.05, 4.69) is 16.4 Å². The van der Waals surface area contributed by atoms with Crippen LogP contribution in [0.25, 0.3) is 10.9 Å². The molecule has 4 aromatic rings. The molecule has 0 fully saturated rings. The number of carbonyl (C=O) groups is 1. The van der Waals surface area contributed by atoms with Crippen LogP contribution in [0.4, 0.5) is 0 Å². The Hall–Kier alpha value is -3.93. The second kappa shape index (κ2) is 9.26. The number of H-pyrrole nitrogens is 1. The summed E-state index contributed by atoms with van der Waals surface area (Å²) >= 11 is 0. The van der Waals surface area contributed by atoms with Crippen molar-refractivity contribution in [2.45, 2.75) is 5.92 Å². The van der Waals surface area contributed by atoms with Gasteiger partial charge in [0.05, 0.1) is 7.11 Å². The van der Waals surface area contributed by atoms with E-state index in [1.807, 2.05) is 48.7 Å². The van der Waals surface area contributed by atoms with Gasteiger partial charge in [0.2, 0.25) is 0 Å². The molecule has 0 saturated carbocycles. The number of fused-ring (bicyclic) bond motifs is 1. The van der Waals surface area contributed by atoms with Crippen molar-refractivity contribution >= 4 is 16.8 Å². The fourth-order valence-electron chi connectivity index (χ4n) is 3.62. The highest BCUT2D eigenvalue weighted by atomic mass is 16.5. The van der Waals surface area contributed by atoms with Crippen LogP contribution >= 0.6 is 0 Å². The molecule has 1 unspecified atom stereocenters. The number of nitrogens with one attached hydrogen (secondary N) is 2. The van der Waals surface area contributed by atoms with Gasteiger partial charge in [-0.05, 0) is 41.5 Å². The van der Waals surface area contributed by atoms with E-state index >= 15 is 0 Å². The molecule has 1 heterocycles. The minimum absolute atomic E-state index is 0.00482. The van der Waals surface area contributed by atoms with Gasteiger partial charge in [0.1, 0.15) is 5.75 Å². The number of benzene rings is 3. The summed E-state index contributed by atoms with van der Waals surface area (Å²) in [5.74, 6) is 0.741. The van der Waals surface area contributed by atoms with Crippen LogP contribution in [-0.4, -0.2) is 36.3 Å². The Morgan fingerprint density at radius 1 is 1.03 bits per heavy atom. The second-order valence-electron chi connectivity index (χ2n) is 7.18. The van der Waals surface area contributed by atoms with Crippen LogP contribution in [0.1, 0.15) is 17.0 Å². The monoisotopic (exact) mass is 416 g/mol. The van der Waals surface area contributed by atoms with E-state index in [1.165, 1.54) is 6.07 Å². The standard InChI is InChI=1S/C25H24N2O4/c1-30-18-12-10-17(11-13-18)20(21-15-26-22-7-3-2-6-19(21)22)14-27-25(29)16-31-24-9-5-4-8-23(24)28/h2-13,15,20,26,28H,14,16H2,1H3,(H,27,29). The van der Waals surface area contributed by atoms with Crippen LogP contribution in [0.15, 0.2) is 79.0 Å². The summed E-state index contributed by atoms with van der Waals surface area (Å²) in [5, 5.41) is 13.9. The van der Waals surface area contributed by atoms with Crippen molar-refractivity contribution in [3.8, 4) is 17.2 Å². The summed E-state index contributed by atoms with van der Waals surface area (Å²) in [6.07, 6.45) is 1.99. The van der Waals surface area contributed by atoms with E-state index in [1.54, 1.807) is 25.3 Å². The summed E-state index contributed by atoms with van der Waals surface area (Å²) in [6.45, 7) is 0.220. The van der Waals surface area contributed by atoms with E-state index in [0.717, 1.165) is 27.8 Å². The molecule has 6 nitrogen and oxygen atoms in total. The predicted molar refractivity (Wildman–Crippen MR) is 120 cm³/mol. The zero-order valence-corrected chi connectivity index (χ0v) is 17.2. The minimum atomic E-state index is -0.262. The molecule has 0 radical (unpaired) electrons. The maximum Gasteiger partial charge on any atom is 0.257 e. The lowest BCUT2D eigenvalue weighted by Gasteiger charge is -2.19. The molecule has 0 aliphatic carbocycles. The first-order valence-corrected chi connectivity index (χ1v) is 10.0. The van der Waals surface area contributed by atoms with Gasteiger partial charge in [-0.1, -0.05) is 42.5 Å². The Bertz CT molecular complexity index is 1170. The first-order valence-electron chi connectivity index (χ1n) is 10.0. The van der Waals surface area contributed by atoms with Crippen molar-refractivity contribution < 1.29 is 19.4 Å². The fraction of sp³-hybridized carbons (Fsp3) is 0.160. The number of aromatic nitrogens is 1. The van der Waals surface area contributed by atoms with Crippen LogP contribution in [-0.2, 0) is 4.79 Å². The van der Waals surface area contributed by atoms with Gasteiger partial charge < -0.3 is 24.9 Å². The zero-order valence-electron chi connectivity index (χ0n) is 17.2. The van der Waals surface area contributed by atoms with Gasteiger partial charge in [0, 0.05) is 29.6 Å². The number of para-hydroxylation sites is 3. The molecule has 0 aliphatic rings. The third-order valence-electron chi connectivity index (χ3n) is 5.24. The van der Waals surface area contributed by atoms with Crippen molar-refractivity contribution in [2.24, 2.45) is 0 Å². The van der Waals surface area contributed by atoms with Crippen LogP contribution in [0, 0.1) is 0 Å². The number of hydrogen-bond donors (Lipinski definition) is 3. The molecule has 31 heavy (non-hydrogen) atoms. The van der Waals surface area contributed by atoms with Gasteiger partial charge >= 0.3 is 0 Å². The molecule has 0 saturated heterocycles. The van der Waals surface area contributed by atoms with E-state index in [9.17, 15) is 9.90 Å².